The molecule has 0 aliphatic carbocycles. The Morgan fingerprint density at radius 2 is 1.69 bits per heavy atom. The summed E-state index contributed by atoms with van der Waals surface area (Å²) in [6.45, 7) is 10.2. The highest BCUT2D eigenvalue weighted by Crippen LogP contribution is 2.18. The minimum atomic E-state index is -1.25. The standard InChI is InChI=1S/C13H20O2S/c1-10-7-6-8-11(2)12(10)9-15-16(14)13(3,4)5/h6-8H,9H2,1-5H3. The molecule has 0 aliphatic rings. The lowest BCUT2D eigenvalue weighted by molar-refractivity contribution is 0.324. The lowest BCUT2D eigenvalue weighted by Gasteiger charge is -2.18. The zero-order valence-corrected chi connectivity index (χ0v) is 11.5. The molecule has 90 valence electrons. The molecule has 0 heterocycles. The van der Waals surface area contributed by atoms with Crippen LogP contribution in [0.1, 0.15) is 37.5 Å². The molecule has 0 aromatic heterocycles. The lowest BCUT2D eigenvalue weighted by atomic mass is 10.0. The van der Waals surface area contributed by atoms with Crippen LogP contribution in [0.25, 0.3) is 0 Å². The van der Waals surface area contributed by atoms with Gasteiger partial charge in [-0.3, -0.25) is 4.18 Å². The summed E-state index contributed by atoms with van der Waals surface area (Å²) >= 11 is -1.25. The number of aryl methyl sites for hydroxylation is 2. The number of benzene rings is 1. The number of rotatable bonds is 3. The molecule has 1 unspecified atom stereocenters. The molecule has 2 nitrogen and oxygen atoms in total. The van der Waals surface area contributed by atoms with Gasteiger partial charge in [-0.15, -0.1) is 0 Å². The summed E-state index contributed by atoms with van der Waals surface area (Å²) in [6, 6.07) is 6.12. The third-order valence-electron chi connectivity index (χ3n) is 2.45. The summed E-state index contributed by atoms with van der Waals surface area (Å²) in [4.78, 5) is 0. The van der Waals surface area contributed by atoms with Crippen LogP contribution in [0.2, 0.25) is 0 Å². The van der Waals surface area contributed by atoms with Crippen LogP contribution in [0.15, 0.2) is 18.2 Å². The van der Waals surface area contributed by atoms with Crippen molar-refractivity contribution in [2.24, 2.45) is 0 Å². The maximum atomic E-state index is 11.7. The van der Waals surface area contributed by atoms with Gasteiger partial charge in [-0.2, -0.15) is 0 Å². The van der Waals surface area contributed by atoms with Gasteiger partial charge in [-0.1, -0.05) is 18.2 Å². The van der Waals surface area contributed by atoms with E-state index in [4.69, 9.17) is 4.18 Å². The van der Waals surface area contributed by atoms with Crippen molar-refractivity contribution in [3.8, 4) is 0 Å². The second-order valence-corrected chi connectivity index (χ2v) is 6.91. The fourth-order valence-electron chi connectivity index (χ4n) is 1.37. The zero-order chi connectivity index (χ0) is 12.3. The van der Waals surface area contributed by atoms with Crippen molar-refractivity contribution in [1.82, 2.24) is 0 Å². The van der Waals surface area contributed by atoms with Crippen LogP contribution in [-0.4, -0.2) is 8.96 Å². The Morgan fingerprint density at radius 1 is 1.19 bits per heavy atom. The SMILES string of the molecule is Cc1cccc(C)c1COS(=O)C(C)(C)C. The lowest BCUT2D eigenvalue weighted by Crippen LogP contribution is -2.23. The van der Waals surface area contributed by atoms with Crippen molar-refractivity contribution in [2.75, 3.05) is 0 Å². The van der Waals surface area contributed by atoms with E-state index in [-0.39, 0.29) is 4.75 Å². The van der Waals surface area contributed by atoms with Crippen molar-refractivity contribution in [3.05, 3.63) is 34.9 Å². The molecule has 0 aliphatic heterocycles. The minimum Gasteiger partial charge on any atom is -0.285 e. The molecule has 0 bridgehead atoms. The molecule has 1 rings (SSSR count). The predicted octanol–water partition coefficient (Wildman–Crippen LogP) is 3.28. The monoisotopic (exact) mass is 240 g/mol. The van der Waals surface area contributed by atoms with Gasteiger partial charge >= 0.3 is 0 Å². The maximum Gasteiger partial charge on any atom is 0.161 e. The van der Waals surface area contributed by atoms with Crippen LogP contribution in [0.3, 0.4) is 0 Å². The quantitative estimate of drug-likeness (QED) is 0.810. The van der Waals surface area contributed by atoms with Gasteiger partial charge in [0, 0.05) is 0 Å². The Hall–Kier alpha value is -0.670. The van der Waals surface area contributed by atoms with Crippen LogP contribution in [0.5, 0.6) is 0 Å². The second-order valence-electron chi connectivity index (χ2n) is 4.98. The van der Waals surface area contributed by atoms with Crippen molar-refractivity contribution in [1.29, 1.82) is 0 Å². The van der Waals surface area contributed by atoms with E-state index in [0.717, 1.165) is 5.56 Å². The van der Waals surface area contributed by atoms with Gasteiger partial charge in [0.05, 0.1) is 11.4 Å². The zero-order valence-electron chi connectivity index (χ0n) is 10.7. The first-order chi connectivity index (χ1) is 7.32. The summed E-state index contributed by atoms with van der Waals surface area (Å²) in [5.74, 6) is 0. The van der Waals surface area contributed by atoms with Crippen molar-refractivity contribution < 1.29 is 8.39 Å². The van der Waals surface area contributed by atoms with E-state index in [1.807, 2.05) is 52.8 Å². The summed E-state index contributed by atoms with van der Waals surface area (Å²) in [5.41, 5.74) is 3.51. The molecule has 0 amide bonds. The van der Waals surface area contributed by atoms with Crippen LogP contribution in [-0.2, 0) is 21.9 Å². The summed E-state index contributed by atoms with van der Waals surface area (Å²) in [6.07, 6.45) is 0. The molecular formula is C13H20O2S. The van der Waals surface area contributed by atoms with Crippen LogP contribution >= 0.6 is 0 Å². The molecule has 0 radical (unpaired) electrons. The fourth-order valence-corrected chi connectivity index (χ4v) is 1.94. The van der Waals surface area contributed by atoms with Crippen molar-refractivity contribution >= 4 is 11.1 Å². The molecule has 1 aromatic rings. The smallest absolute Gasteiger partial charge is 0.161 e. The van der Waals surface area contributed by atoms with E-state index in [1.165, 1.54) is 11.1 Å². The molecule has 0 fully saturated rings. The Morgan fingerprint density at radius 3 is 2.12 bits per heavy atom. The molecule has 1 atom stereocenters. The molecule has 0 saturated heterocycles. The van der Waals surface area contributed by atoms with Crippen molar-refractivity contribution in [3.63, 3.8) is 0 Å². The minimum absolute atomic E-state index is 0.323. The molecular weight excluding hydrogens is 220 g/mol. The Balaban J connectivity index is 2.73. The first kappa shape index (κ1) is 13.4. The average Bonchev–Trinajstić information content (AvgIpc) is 2.15. The van der Waals surface area contributed by atoms with Gasteiger partial charge in [-0.25, -0.2) is 4.21 Å². The average molecular weight is 240 g/mol. The third kappa shape index (κ3) is 3.42. The normalized spacial score (nSPS) is 13.8. The Kier molecular flexibility index (Phi) is 4.28. The van der Waals surface area contributed by atoms with E-state index >= 15 is 0 Å². The van der Waals surface area contributed by atoms with E-state index in [0.29, 0.717) is 6.61 Å². The van der Waals surface area contributed by atoms with E-state index in [2.05, 4.69) is 0 Å². The van der Waals surface area contributed by atoms with Gasteiger partial charge in [0.15, 0.2) is 11.1 Å². The maximum absolute atomic E-state index is 11.7. The van der Waals surface area contributed by atoms with E-state index in [1.54, 1.807) is 0 Å². The Labute approximate surface area is 101 Å². The topological polar surface area (TPSA) is 26.3 Å². The second kappa shape index (κ2) is 5.11. The van der Waals surface area contributed by atoms with Crippen LogP contribution in [0.4, 0.5) is 0 Å². The van der Waals surface area contributed by atoms with Gasteiger partial charge in [0.25, 0.3) is 0 Å². The summed E-state index contributed by atoms with van der Waals surface area (Å²) in [7, 11) is 0. The highest BCUT2D eigenvalue weighted by atomic mass is 32.2. The van der Waals surface area contributed by atoms with Gasteiger partial charge in [-0.05, 0) is 51.3 Å². The molecule has 0 spiro atoms. The summed E-state index contributed by atoms with van der Waals surface area (Å²) < 4.78 is 16.9. The molecule has 1 aromatic carbocycles. The number of hydrogen-bond donors (Lipinski definition) is 0. The molecule has 16 heavy (non-hydrogen) atoms. The van der Waals surface area contributed by atoms with Crippen LogP contribution < -0.4 is 0 Å². The predicted molar refractivity (Wildman–Crippen MR) is 68.6 cm³/mol. The highest BCUT2D eigenvalue weighted by molar-refractivity contribution is 7.81. The van der Waals surface area contributed by atoms with Crippen LogP contribution in [0, 0.1) is 13.8 Å². The summed E-state index contributed by atoms with van der Waals surface area (Å²) in [5, 5.41) is 0. The van der Waals surface area contributed by atoms with E-state index in [9.17, 15) is 4.21 Å². The first-order valence-electron chi connectivity index (χ1n) is 5.42. The largest absolute Gasteiger partial charge is 0.285 e. The molecule has 0 N–H and O–H groups in total. The first-order valence-corrected chi connectivity index (χ1v) is 6.50. The van der Waals surface area contributed by atoms with Gasteiger partial charge in [0.1, 0.15) is 0 Å². The third-order valence-corrected chi connectivity index (χ3v) is 3.79. The molecule has 3 heteroatoms. The molecule has 0 saturated carbocycles. The van der Waals surface area contributed by atoms with Gasteiger partial charge in [0.2, 0.25) is 0 Å². The Bertz CT molecular complexity index is 371. The van der Waals surface area contributed by atoms with E-state index < -0.39 is 11.1 Å². The highest BCUT2D eigenvalue weighted by Gasteiger charge is 2.21. The fraction of sp³-hybridized carbons (Fsp3) is 0.538. The van der Waals surface area contributed by atoms with Crippen molar-refractivity contribution in [2.45, 2.75) is 46.0 Å². The number of hydrogen-bond acceptors (Lipinski definition) is 2. The van der Waals surface area contributed by atoms with Gasteiger partial charge < -0.3 is 0 Å².